The van der Waals surface area contributed by atoms with Gasteiger partial charge in [-0.1, -0.05) is 60.5 Å². The van der Waals surface area contributed by atoms with Gasteiger partial charge in [-0.25, -0.2) is 0 Å². The van der Waals surface area contributed by atoms with Crippen molar-refractivity contribution in [3.8, 4) is 0 Å². The summed E-state index contributed by atoms with van der Waals surface area (Å²) in [7, 11) is 3.46. The fraction of sp³-hybridized carbons (Fsp3) is 0.824. The van der Waals surface area contributed by atoms with Crippen molar-refractivity contribution in [2.45, 2.75) is 125 Å². The van der Waals surface area contributed by atoms with E-state index in [0.29, 0.717) is 31.5 Å². The standard InChI is InChI=1S/C22H38N4O4.C8H17N.C4H10/c1-7-8-11-24(5)22(30)18-10-9-12-26(18)21(29)17(4)13-19(16(2)3)25(6)20(28)14-23-15-27;1-8(2)9-6-4-3-5-7-9;1-4(2)3/h13,15-16,18-19H,7-12,14H2,1-6H3,(H,23,27);8H,3-7H2,1-2H3;4H,1-3H3/b17-13+;;. The number of likely N-dealkylation sites (tertiary alicyclic amines) is 2. The second-order valence-corrected chi connectivity index (χ2v) is 13.3. The molecule has 0 aromatic heterocycles. The monoisotopic (exact) mass is 608 g/mol. The van der Waals surface area contributed by atoms with Gasteiger partial charge in [-0.3, -0.25) is 19.2 Å². The van der Waals surface area contributed by atoms with Crippen LogP contribution in [-0.4, -0.2) is 109 Å². The molecule has 0 aromatic carbocycles. The van der Waals surface area contributed by atoms with E-state index in [1.54, 1.807) is 41.8 Å². The van der Waals surface area contributed by atoms with E-state index in [0.717, 1.165) is 31.2 Å². The summed E-state index contributed by atoms with van der Waals surface area (Å²) in [4.78, 5) is 56.2. The fourth-order valence-corrected chi connectivity index (χ4v) is 5.19. The van der Waals surface area contributed by atoms with E-state index in [9.17, 15) is 19.2 Å². The molecule has 43 heavy (non-hydrogen) atoms. The predicted octanol–water partition coefficient (Wildman–Crippen LogP) is 4.95. The second-order valence-electron chi connectivity index (χ2n) is 13.3. The summed E-state index contributed by atoms with van der Waals surface area (Å²) in [6.45, 7) is 22.7. The molecule has 2 heterocycles. The third kappa shape index (κ3) is 15.7. The van der Waals surface area contributed by atoms with Gasteiger partial charge in [0.2, 0.25) is 24.1 Å². The van der Waals surface area contributed by atoms with Gasteiger partial charge in [0.05, 0.1) is 12.6 Å². The minimum atomic E-state index is -0.420. The smallest absolute Gasteiger partial charge is 0.249 e. The summed E-state index contributed by atoms with van der Waals surface area (Å²) >= 11 is 0. The van der Waals surface area contributed by atoms with Crippen LogP contribution in [0.1, 0.15) is 107 Å². The summed E-state index contributed by atoms with van der Waals surface area (Å²) in [5.41, 5.74) is 0.521. The normalized spacial score (nSPS) is 18.0. The van der Waals surface area contributed by atoms with Crippen LogP contribution in [-0.2, 0) is 19.2 Å². The first-order valence-electron chi connectivity index (χ1n) is 16.6. The first-order chi connectivity index (χ1) is 20.2. The molecular formula is C34H65N5O4. The number of amides is 4. The van der Waals surface area contributed by atoms with Gasteiger partial charge in [0.1, 0.15) is 6.04 Å². The van der Waals surface area contributed by atoms with Crippen LogP contribution in [0.15, 0.2) is 11.6 Å². The molecule has 2 aliphatic rings. The Labute approximate surface area is 263 Å². The zero-order valence-corrected chi connectivity index (χ0v) is 29.4. The van der Waals surface area contributed by atoms with Crippen LogP contribution >= 0.6 is 0 Å². The van der Waals surface area contributed by atoms with E-state index in [4.69, 9.17) is 0 Å². The Balaban J connectivity index is 0.00000111. The molecule has 0 aliphatic carbocycles. The summed E-state index contributed by atoms with van der Waals surface area (Å²) in [5.74, 6) is 0.514. The molecular weight excluding hydrogens is 542 g/mol. The maximum atomic E-state index is 13.1. The molecule has 2 unspecified atom stereocenters. The van der Waals surface area contributed by atoms with Crippen molar-refractivity contribution >= 4 is 24.1 Å². The van der Waals surface area contributed by atoms with E-state index in [-0.39, 0.29) is 36.2 Å². The van der Waals surface area contributed by atoms with Crippen molar-refractivity contribution in [2.75, 3.05) is 46.8 Å². The van der Waals surface area contributed by atoms with Gasteiger partial charge in [0, 0.05) is 38.8 Å². The molecule has 0 spiro atoms. The summed E-state index contributed by atoms with van der Waals surface area (Å²) < 4.78 is 0. The molecule has 2 saturated heterocycles. The van der Waals surface area contributed by atoms with Gasteiger partial charge in [-0.2, -0.15) is 0 Å². The molecule has 0 radical (unpaired) electrons. The number of rotatable bonds is 12. The molecule has 2 rings (SSSR count). The van der Waals surface area contributed by atoms with E-state index in [1.807, 2.05) is 13.8 Å². The zero-order chi connectivity index (χ0) is 33.1. The average molecular weight is 608 g/mol. The van der Waals surface area contributed by atoms with Crippen molar-refractivity contribution in [1.82, 2.24) is 24.9 Å². The van der Waals surface area contributed by atoms with Crippen molar-refractivity contribution in [3.05, 3.63) is 11.6 Å². The van der Waals surface area contributed by atoms with E-state index in [2.05, 4.69) is 51.8 Å². The van der Waals surface area contributed by atoms with Crippen LogP contribution in [0.5, 0.6) is 0 Å². The van der Waals surface area contributed by atoms with Crippen molar-refractivity contribution in [2.24, 2.45) is 11.8 Å². The van der Waals surface area contributed by atoms with Gasteiger partial charge >= 0.3 is 0 Å². The maximum Gasteiger partial charge on any atom is 0.249 e. The molecule has 4 amide bonds. The first-order valence-corrected chi connectivity index (χ1v) is 16.6. The van der Waals surface area contributed by atoms with Crippen LogP contribution in [0.3, 0.4) is 0 Å². The minimum Gasteiger partial charge on any atom is -0.350 e. The SMILES string of the molecule is CC(C)C.CC(C)N1CCCCC1.CCCCN(C)C(=O)C1CCCN1C(=O)/C(C)=C/C(C(C)C)N(C)C(=O)CNC=O. The number of carbonyl (C=O) groups excluding carboxylic acids is 4. The highest BCUT2D eigenvalue weighted by Gasteiger charge is 2.36. The Morgan fingerprint density at radius 3 is 1.98 bits per heavy atom. The van der Waals surface area contributed by atoms with Crippen LogP contribution in [0, 0.1) is 11.8 Å². The molecule has 2 aliphatic heterocycles. The number of likely N-dealkylation sites (N-methyl/N-ethyl adjacent to an activating group) is 2. The van der Waals surface area contributed by atoms with E-state index < -0.39 is 6.04 Å². The molecule has 0 saturated carbocycles. The largest absolute Gasteiger partial charge is 0.350 e. The number of nitrogens with zero attached hydrogens (tertiary/aromatic N) is 4. The fourth-order valence-electron chi connectivity index (χ4n) is 5.19. The average Bonchev–Trinajstić information content (AvgIpc) is 3.46. The lowest BCUT2D eigenvalue weighted by Gasteiger charge is -2.31. The number of unbranched alkanes of at least 4 members (excludes halogenated alkanes) is 1. The van der Waals surface area contributed by atoms with Gasteiger partial charge in [0.15, 0.2) is 0 Å². The molecule has 9 heteroatoms. The highest BCUT2D eigenvalue weighted by Crippen LogP contribution is 2.23. The number of hydrogen-bond donors (Lipinski definition) is 1. The van der Waals surface area contributed by atoms with Crippen LogP contribution in [0.4, 0.5) is 0 Å². The highest BCUT2D eigenvalue weighted by molar-refractivity contribution is 5.97. The maximum absolute atomic E-state index is 13.1. The second kappa shape index (κ2) is 22.1. The van der Waals surface area contributed by atoms with Gasteiger partial charge in [-0.15, -0.1) is 0 Å². The Morgan fingerprint density at radius 2 is 1.51 bits per heavy atom. The van der Waals surface area contributed by atoms with Crippen molar-refractivity contribution < 1.29 is 19.2 Å². The summed E-state index contributed by atoms with van der Waals surface area (Å²) in [6, 6.07) is 0.0561. The molecule has 250 valence electrons. The van der Waals surface area contributed by atoms with Gasteiger partial charge < -0.3 is 24.9 Å². The quantitative estimate of drug-likeness (QED) is 0.250. The molecule has 0 aromatic rings. The Bertz CT molecular complexity index is 849. The Morgan fingerprint density at radius 1 is 0.930 bits per heavy atom. The third-order valence-electron chi connectivity index (χ3n) is 7.76. The predicted molar refractivity (Wildman–Crippen MR) is 178 cm³/mol. The van der Waals surface area contributed by atoms with Crippen LogP contribution in [0.25, 0.3) is 0 Å². The topological polar surface area (TPSA) is 93.3 Å². The van der Waals surface area contributed by atoms with Crippen molar-refractivity contribution in [1.29, 1.82) is 0 Å². The lowest BCUT2D eigenvalue weighted by Crippen LogP contribution is -2.47. The first kappa shape index (κ1) is 40.6. The minimum absolute atomic E-state index is 0.00487. The lowest BCUT2D eigenvalue weighted by molar-refractivity contribution is -0.141. The number of piperidine rings is 1. The van der Waals surface area contributed by atoms with Gasteiger partial charge in [0.25, 0.3) is 0 Å². The Kier molecular flexibility index (Phi) is 20.9. The van der Waals surface area contributed by atoms with E-state index in [1.165, 1.54) is 32.4 Å². The van der Waals surface area contributed by atoms with Crippen LogP contribution in [0.2, 0.25) is 0 Å². The zero-order valence-electron chi connectivity index (χ0n) is 29.4. The van der Waals surface area contributed by atoms with E-state index >= 15 is 0 Å². The number of hydrogen-bond acceptors (Lipinski definition) is 5. The molecule has 2 fully saturated rings. The lowest BCUT2D eigenvalue weighted by atomic mass is 9.99. The Hall–Kier alpha value is -2.42. The molecule has 0 bridgehead atoms. The highest BCUT2D eigenvalue weighted by atomic mass is 16.2. The number of nitrogens with one attached hydrogen (secondary N) is 1. The molecule has 2 atom stereocenters. The van der Waals surface area contributed by atoms with Gasteiger partial charge in [-0.05, 0) is 77.8 Å². The number of carbonyl (C=O) groups is 4. The molecule has 1 N–H and O–H groups in total. The van der Waals surface area contributed by atoms with Crippen LogP contribution < -0.4 is 5.32 Å². The third-order valence-corrected chi connectivity index (χ3v) is 7.76. The molecule has 9 nitrogen and oxygen atoms in total. The summed E-state index contributed by atoms with van der Waals surface area (Å²) in [5, 5.41) is 2.38. The summed E-state index contributed by atoms with van der Waals surface area (Å²) in [6.07, 6.45) is 10.0. The van der Waals surface area contributed by atoms with Crippen molar-refractivity contribution in [3.63, 3.8) is 0 Å².